The number of nitrogens with zero attached hydrogens (tertiary/aromatic N) is 4. The summed E-state index contributed by atoms with van der Waals surface area (Å²) in [6.07, 6.45) is 1.88. The number of aryl methyl sites for hydroxylation is 1. The van der Waals surface area contributed by atoms with Crippen molar-refractivity contribution in [2.45, 2.75) is 19.8 Å². The molecular weight excluding hydrogens is 282 g/mol. The van der Waals surface area contributed by atoms with Gasteiger partial charge in [0.25, 0.3) is 0 Å². The van der Waals surface area contributed by atoms with Crippen molar-refractivity contribution in [1.82, 2.24) is 19.8 Å². The van der Waals surface area contributed by atoms with E-state index in [0.717, 1.165) is 34.2 Å². The summed E-state index contributed by atoms with van der Waals surface area (Å²) in [5.74, 6) is 0.891. The number of nitrogen functional groups attached to an aromatic ring is 1. The number of hydrogen-bond donors (Lipinski definition) is 1. The fourth-order valence-electron chi connectivity index (χ4n) is 1.83. The maximum atomic E-state index is 5.92. The number of aromatic nitrogens is 4. The molecular formula is C12H12ClN5S. The molecule has 0 saturated carbocycles. The summed E-state index contributed by atoms with van der Waals surface area (Å²) in [4.78, 5) is 0.798. The number of benzene rings is 1. The predicted molar refractivity (Wildman–Crippen MR) is 77.5 cm³/mol. The van der Waals surface area contributed by atoms with E-state index in [-0.39, 0.29) is 0 Å². The van der Waals surface area contributed by atoms with Crippen molar-refractivity contribution < 1.29 is 0 Å². The molecule has 0 aliphatic heterocycles. The Morgan fingerprint density at radius 3 is 2.95 bits per heavy atom. The highest BCUT2D eigenvalue weighted by Gasteiger charge is 2.12. The van der Waals surface area contributed by atoms with Crippen LogP contribution >= 0.6 is 22.9 Å². The minimum absolute atomic E-state index is 0.554. The molecule has 2 aromatic heterocycles. The third kappa shape index (κ3) is 2.17. The van der Waals surface area contributed by atoms with E-state index in [1.165, 1.54) is 11.3 Å². The molecule has 0 aliphatic carbocycles. The van der Waals surface area contributed by atoms with Crippen LogP contribution in [-0.2, 0) is 6.42 Å². The van der Waals surface area contributed by atoms with Gasteiger partial charge < -0.3 is 5.73 Å². The van der Waals surface area contributed by atoms with Crippen molar-refractivity contribution in [1.29, 1.82) is 0 Å². The Labute approximate surface area is 119 Å². The lowest BCUT2D eigenvalue weighted by Gasteiger charge is -2.00. The van der Waals surface area contributed by atoms with Gasteiger partial charge >= 0.3 is 0 Å². The van der Waals surface area contributed by atoms with Crippen molar-refractivity contribution in [2.75, 3.05) is 5.73 Å². The molecule has 2 N–H and O–H groups in total. The van der Waals surface area contributed by atoms with Crippen molar-refractivity contribution in [3.05, 3.63) is 29.0 Å². The minimum atomic E-state index is 0.554. The summed E-state index contributed by atoms with van der Waals surface area (Å²) in [5, 5.41) is 14.2. The first-order chi connectivity index (χ1) is 9.19. The van der Waals surface area contributed by atoms with Gasteiger partial charge in [-0.3, -0.25) is 0 Å². The number of nitrogens with two attached hydrogens (primary N) is 1. The zero-order valence-electron chi connectivity index (χ0n) is 10.3. The average molecular weight is 294 g/mol. The Hall–Kier alpha value is -1.66. The molecule has 1 aromatic carbocycles. The third-order valence-corrected chi connectivity index (χ3v) is 4.06. The lowest BCUT2D eigenvalue weighted by Crippen LogP contribution is -1.95. The molecule has 5 nitrogen and oxygen atoms in total. The first-order valence-electron chi connectivity index (χ1n) is 5.95. The summed E-state index contributed by atoms with van der Waals surface area (Å²) in [6, 6.07) is 5.51. The van der Waals surface area contributed by atoms with Crippen LogP contribution in [0.2, 0.25) is 5.02 Å². The second kappa shape index (κ2) is 4.79. The van der Waals surface area contributed by atoms with Crippen LogP contribution in [0.5, 0.6) is 0 Å². The smallest absolute Gasteiger partial charge is 0.234 e. The highest BCUT2D eigenvalue weighted by atomic mass is 35.5. The van der Waals surface area contributed by atoms with E-state index in [4.69, 9.17) is 17.3 Å². The average Bonchev–Trinajstić information content (AvgIpc) is 2.95. The zero-order valence-corrected chi connectivity index (χ0v) is 11.9. The quantitative estimate of drug-likeness (QED) is 0.754. The van der Waals surface area contributed by atoms with Crippen molar-refractivity contribution in [3.63, 3.8) is 0 Å². The second-order valence-corrected chi connectivity index (χ2v) is 5.57. The van der Waals surface area contributed by atoms with Gasteiger partial charge in [0.15, 0.2) is 5.82 Å². The third-order valence-electron chi connectivity index (χ3n) is 2.77. The lowest BCUT2D eigenvalue weighted by molar-refractivity contribution is 0.778. The van der Waals surface area contributed by atoms with Gasteiger partial charge in [-0.2, -0.15) is 9.61 Å². The zero-order chi connectivity index (χ0) is 13.4. The summed E-state index contributed by atoms with van der Waals surface area (Å²) < 4.78 is 1.80. The maximum absolute atomic E-state index is 5.92. The molecule has 0 saturated heterocycles. The van der Waals surface area contributed by atoms with E-state index < -0.39 is 0 Å². The van der Waals surface area contributed by atoms with E-state index >= 15 is 0 Å². The first-order valence-corrected chi connectivity index (χ1v) is 7.15. The van der Waals surface area contributed by atoms with Gasteiger partial charge in [0, 0.05) is 12.0 Å². The number of rotatable bonds is 3. The highest BCUT2D eigenvalue weighted by molar-refractivity contribution is 7.19. The van der Waals surface area contributed by atoms with Crippen molar-refractivity contribution in [2.24, 2.45) is 0 Å². The molecule has 19 heavy (non-hydrogen) atoms. The Bertz CT molecular complexity index is 733. The minimum Gasteiger partial charge on any atom is -0.398 e. The van der Waals surface area contributed by atoms with Crippen LogP contribution < -0.4 is 5.73 Å². The summed E-state index contributed by atoms with van der Waals surface area (Å²) in [7, 11) is 0. The SMILES string of the molecule is CCCc1nnc2sc(-c3ccc(Cl)c(N)c3)nn12. The fourth-order valence-corrected chi connectivity index (χ4v) is 2.80. The molecule has 0 radical (unpaired) electrons. The Kier molecular flexibility index (Phi) is 3.12. The van der Waals surface area contributed by atoms with Gasteiger partial charge in [0.1, 0.15) is 5.01 Å². The van der Waals surface area contributed by atoms with Crippen LogP contribution in [0.1, 0.15) is 19.2 Å². The number of hydrogen-bond acceptors (Lipinski definition) is 5. The van der Waals surface area contributed by atoms with Crippen LogP contribution in [-0.4, -0.2) is 19.8 Å². The Balaban J connectivity index is 2.07. The molecule has 0 amide bonds. The molecule has 3 aromatic rings. The van der Waals surface area contributed by atoms with Crippen LogP contribution in [0.3, 0.4) is 0 Å². The number of fused-ring (bicyclic) bond motifs is 1. The van der Waals surface area contributed by atoms with Gasteiger partial charge in [-0.15, -0.1) is 10.2 Å². The van der Waals surface area contributed by atoms with E-state index in [1.807, 2.05) is 12.1 Å². The lowest BCUT2D eigenvalue weighted by atomic mass is 10.2. The van der Waals surface area contributed by atoms with Crippen LogP contribution in [0.15, 0.2) is 18.2 Å². The monoisotopic (exact) mass is 293 g/mol. The van der Waals surface area contributed by atoms with Gasteiger partial charge in [-0.05, 0) is 18.6 Å². The largest absolute Gasteiger partial charge is 0.398 e. The second-order valence-electron chi connectivity index (χ2n) is 4.20. The highest BCUT2D eigenvalue weighted by Crippen LogP contribution is 2.29. The van der Waals surface area contributed by atoms with E-state index in [2.05, 4.69) is 22.2 Å². The van der Waals surface area contributed by atoms with Gasteiger partial charge in [0.2, 0.25) is 4.96 Å². The number of anilines is 1. The summed E-state index contributed by atoms with van der Waals surface area (Å²) in [5.41, 5.74) is 7.31. The van der Waals surface area contributed by atoms with Gasteiger partial charge in [-0.1, -0.05) is 35.9 Å². The predicted octanol–water partition coefficient (Wildman–Crippen LogP) is 3.04. The first kappa shape index (κ1) is 12.4. The van der Waals surface area contributed by atoms with E-state index in [1.54, 1.807) is 10.6 Å². The molecule has 0 unspecified atom stereocenters. The van der Waals surface area contributed by atoms with Gasteiger partial charge in [-0.25, -0.2) is 0 Å². The fraction of sp³-hybridized carbons (Fsp3) is 0.250. The molecule has 2 heterocycles. The molecule has 0 spiro atoms. The topological polar surface area (TPSA) is 69.1 Å². The number of halogens is 1. The Morgan fingerprint density at radius 2 is 2.21 bits per heavy atom. The molecule has 7 heteroatoms. The summed E-state index contributed by atoms with van der Waals surface area (Å²) >= 11 is 7.41. The molecule has 98 valence electrons. The van der Waals surface area contributed by atoms with E-state index in [9.17, 15) is 0 Å². The standard InChI is InChI=1S/C12H12ClN5S/c1-2-3-10-15-16-12-18(10)17-11(19-12)7-4-5-8(13)9(14)6-7/h4-6H,2-3,14H2,1H3. The summed E-state index contributed by atoms with van der Waals surface area (Å²) in [6.45, 7) is 2.11. The molecule has 0 aliphatic rings. The van der Waals surface area contributed by atoms with Crippen molar-refractivity contribution in [3.8, 4) is 10.6 Å². The Morgan fingerprint density at radius 1 is 1.37 bits per heavy atom. The molecule has 3 rings (SSSR count). The molecule has 0 fully saturated rings. The van der Waals surface area contributed by atoms with Crippen molar-refractivity contribution >= 4 is 33.6 Å². The normalized spacial score (nSPS) is 11.3. The molecule has 0 bridgehead atoms. The van der Waals surface area contributed by atoms with Gasteiger partial charge in [0.05, 0.1) is 10.7 Å². The maximum Gasteiger partial charge on any atom is 0.234 e. The molecule has 0 atom stereocenters. The van der Waals surface area contributed by atoms with E-state index in [0.29, 0.717) is 10.7 Å². The van der Waals surface area contributed by atoms with Crippen LogP contribution in [0.4, 0.5) is 5.69 Å². The van der Waals surface area contributed by atoms with Crippen LogP contribution in [0.25, 0.3) is 15.5 Å². The van der Waals surface area contributed by atoms with Crippen LogP contribution in [0, 0.1) is 0 Å².